The van der Waals surface area contributed by atoms with Crippen molar-refractivity contribution in [2.45, 2.75) is 38.6 Å². The second-order valence-corrected chi connectivity index (χ2v) is 7.91. The van der Waals surface area contributed by atoms with Crippen LogP contribution in [0.4, 0.5) is 5.69 Å². The average Bonchev–Trinajstić information content (AvgIpc) is 3.01. The van der Waals surface area contributed by atoms with E-state index in [-0.39, 0.29) is 11.3 Å². The first-order chi connectivity index (χ1) is 14.5. The van der Waals surface area contributed by atoms with Crippen molar-refractivity contribution in [2.24, 2.45) is 0 Å². The van der Waals surface area contributed by atoms with E-state index in [1.165, 1.54) is 0 Å². The van der Waals surface area contributed by atoms with Gasteiger partial charge in [0, 0.05) is 31.9 Å². The number of aliphatic hydroxyl groups is 1. The van der Waals surface area contributed by atoms with Gasteiger partial charge >= 0.3 is 0 Å². The van der Waals surface area contributed by atoms with E-state index >= 15 is 0 Å². The highest BCUT2D eigenvalue weighted by atomic mass is 16.3. The first-order valence-corrected chi connectivity index (χ1v) is 10.6. The van der Waals surface area contributed by atoms with Crippen molar-refractivity contribution in [1.82, 2.24) is 4.90 Å². The zero-order valence-corrected chi connectivity index (χ0v) is 18.0. The van der Waals surface area contributed by atoms with E-state index in [1.807, 2.05) is 49.3 Å². The molecule has 0 aliphatic carbocycles. The summed E-state index contributed by atoms with van der Waals surface area (Å²) in [5.74, 6) is -1.27. The van der Waals surface area contributed by atoms with Crippen molar-refractivity contribution >= 4 is 23.1 Å². The normalized spacial score (nSPS) is 18.1. The number of aliphatic hydroxyl groups excluding tert-OH is 1. The number of likely N-dealkylation sites (tertiary alicyclic amines) is 1. The zero-order chi connectivity index (χ0) is 21.7. The largest absolute Gasteiger partial charge is 0.507 e. The number of benzene rings is 2. The van der Waals surface area contributed by atoms with Gasteiger partial charge in [-0.3, -0.25) is 9.59 Å². The van der Waals surface area contributed by atoms with E-state index in [0.717, 1.165) is 36.9 Å². The molecule has 1 heterocycles. The van der Waals surface area contributed by atoms with Crippen molar-refractivity contribution in [1.29, 1.82) is 0 Å². The molecule has 30 heavy (non-hydrogen) atoms. The van der Waals surface area contributed by atoms with Crippen LogP contribution in [0.3, 0.4) is 0 Å². The fraction of sp³-hybridized carbons (Fsp3) is 0.360. The Morgan fingerprint density at radius 2 is 1.63 bits per heavy atom. The Kier molecular flexibility index (Phi) is 6.93. The summed E-state index contributed by atoms with van der Waals surface area (Å²) >= 11 is 0. The minimum atomic E-state index is -0.617. The quantitative estimate of drug-likeness (QED) is 0.297. The number of carbonyl (C=O) groups is 2. The standard InChI is InChI=1S/C25H30N2O3/c1-4-5-6-10-17-27-22(18-13-15-20(16-14-18)26(2)3)21(24(29)25(27)30)23(28)19-11-8-7-9-12-19/h7-9,11-16,22,28H,4-6,10,17H2,1-3H3/b23-21+. The van der Waals surface area contributed by atoms with E-state index in [2.05, 4.69) is 6.92 Å². The minimum Gasteiger partial charge on any atom is -0.507 e. The van der Waals surface area contributed by atoms with Crippen LogP contribution in [0.5, 0.6) is 0 Å². The molecule has 1 saturated heterocycles. The molecular weight excluding hydrogens is 376 g/mol. The van der Waals surface area contributed by atoms with Crippen LogP contribution in [-0.2, 0) is 9.59 Å². The second-order valence-electron chi connectivity index (χ2n) is 7.91. The van der Waals surface area contributed by atoms with Gasteiger partial charge in [-0.2, -0.15) is 0 Å². The number of hydrogen-bond acceptors (Lipinski definition) is 4. The van der Waals surface area contributed by atoms with Crippen LogP contribution >= 0.6 is 0 Å². The lowest BCUT2D eigenvalue weighted by Gasteiger charge is -2.26. The van der Waals surface area contributed by atoms with Gasteiger partial charge in [0.1, 0.15) is 5.76 Å². The number of anilines is 1. The first kappa shape index (κ1) is 21.6. The summed E-state index contributed by atoms with van der Waals surface area (Å²) in [6, 6.07) is 16.2. The molecule has 3 rings (SSSR count). The maximum atomic E-state index is 13.0. The van der Waals surface area contributed by atoms with E-state index < -0.39 is 17.7 Å². The molecule has 0 spiro atoms. The van der Waals surface area contributed by atoms with Crippen molar-refractivity contribution in [3.05, 3.63) is 71.3 Å². The number of amides is 1. The van der Waals surface area contributed by atoms with Gasteiger partial charge < -0.3 is 14.9 Å². The molecule has 0 aromatic heterocycles. The van der Waals surface area contributed by atoms with E-state index in [9.17, 15) is 14.7 Å². The Bertz CT molecular complexity index is 917. The highest BCUT2D eigenvalue weighted by Gasteiger charge is 2.45. The van der Waals surface area contributed by atoms with Gasteiger partial charge in [-0.05, 0) is 24.1 Å². The van der Waals surface area contributed by atoms with Crippen LogP contribution in [-0.4, -0.2) is 42.3 Å². The summed E-state index contributed by atoms with van der Waals surface area (Å²) in [4.78, 5) is 29.5. The maximum Gasteiger partial charge on any atom is 0.295 e. The maximum absolute atomic E-state index is 13.0. The fourth-order valence-corrected chi connectivity index (χ4v) is 3.87. The monoisotopic (exact) mass is 406 g/mol. The number of hydrogen-bond donors (Lipinski definition) is 1. The number of carbonyl (C=O) groups excluding carboxylic acids is 2. The minimum absolute atomic E-state index is 0.119. The van der Waals surface area contributed by atoms with Gasteiger partial charge in [-0.25, -0.2) is 0 Å². The van der Waals surface area contributed by atoms with Crippen LogP contribution in [0.15, 0.2) is 60.2 Å². The van der Waals surface area contributed by atoms with Gasteiger partial charge in [-0.1, -0.05) is 68.7 Å². The Balaban J connectivity index is 2.05. The Morgan fingerprint density at radius 1 is 0.967 bits per heavy atom. The van der Waals surface area contributed by atoms with Crippen LogP contribution in [0.2, 0.25) is 0 Å². The van der Waals surface area contributed by atoms with E-state index in [4.69, 9.17) is 0 Å². The van der Waals surface area contributed by atoms with Crippen molar-refractivity contribution in [2.75, 3.05) is 25.5 Å². The van der Waals surface area contributed by atoms with Crippen molar-refractivity contribution < 1.29 is 14.7 Å². The summed E-state index contributed by atoms with van der Waals surface area (Å²) in [5, 5.41) is 11.0. The summed E-state index contributed by atoms with van der Waals surface area (Å²) in [5.41, 5.74) is 2.56. The summed E-state index contributed by atoms with van der Waals surface area (Å²) < 4.78 is 0. The third-order valence-electron chi connectivity index (χ3n) is 5.56. The van der Waals surface area contributed by atoms with Gasteiger partial charge in [0.15, 0.2) is 0 Å². The third kappa shape index (κ3) is 4.40. The zero-order valence-electron chi connectivity index (χ0n) is 18.0. The highest BCUT2D eigenvalue weighted by Crippen LogP contribution is 2.39. The SMILES string of the molecule is CCCCCCN1C(=O)C(=O)/C(=C(/O)c2ccccc2)C1c1ccc(N(C)C)cc1. The molecule has 1 atom stereocenters. The summed E-state index contributed by atoms with van der Waals surface area (Å²) in [7, 11) is 3.93. The summed E-state index contributed by atoms with van der Waals surface area (Å²) in [6.07, 6.45) is 4.03. The topological polar surface area (TPSA) is 60.9 Å². The summed E-state index contributed by atoms with van der Waals surface area (Å²) in [6.45, 7) is 2.63. The van der Waals surface area contributed by atoms with E-state index in [0.29, 0.717) is 12.1 Å². The smallest absolute Gasteiger partial charge is 0.295 e. The first-order valence-electron chi connectivity index (χ1n) is 10.6. The Hall–Kier alpha value is -3.08. The van der Waals surface area contributed by atoms with Gasteiger partial charge in [0.2, 0.25) is 0 Å². The van der Waals surface area contributed by atoms with Gasteiger partial charge in [-0.15, -0.1) is 0 Å². The molecule has 5 nitrogen and oxygen atoms in total. The lowest BCUT2D eigenvalue weighted by molar-refractivity contribution is -0.139. The van der Waals surface area contributed by atoms with E-state index in [1.54, 1.807) is 29.2 Å². The molecule has 1 N–H and O–H groups in total. The average molecular weight is 407 g/mol. The number of Topliss-reactive ketones (excluding diaryl/α,β-unsaturated/α-hetero) is 1. The molecule has 1 fully saturated rings. The van der Waals surface area contributed by atoms with Crippen molar-refractivity contribution in [3.8, 4) is 0 Å². The van der Waals surface area contributed by atoms with Crippen LogP contribution in [0, 0.1) is 0 Å². The number of rotatable bonds is 8. The molecule has 0 radical (unpaired) electrons. The van der Waals surface area contributed by atoms with Crippen LogP contribution in [0.25, 0.3) is 5.76 Å². The molecular formula is C25H30N2O3. The predicted octanol–water partition coefficient (Wildman–Crippen LogP) is 4.75. The fourth-order valence-electron chi connectivity index (χ4n) is 3.87. The van der Waals surface area contributed by atoms with Gasteiger partial charge in [0.05, 0.1) is 11.6 Å². The molecule has 1 amide bonds. The number of nitrogens with zero attached hydrogens (tertiary/aromatic N) is 2. The molecule has 158 valence electrons. The van der Waals surface area contributed by atoms with Crippen molar-refractivity contribution in [3.63, 3.8) is 0 Å². The molecule has 1 aliphatic heterocycles. The predicted molar refractivity (Wildman–Crippen MR) is 120 cm³/mol. The van der Waals surface area contributed by atoms with Gasteiger partial charge in [0.25, 0.3) is 11.7 Å². The Morgan fingerprint density at radius 3 is 2.23 bits per heavy atom. The molecule has 0 bridgehead atoms. The van der Waals surface area contributed by atoms with Crippen LogP contribution < -0.4 is 4.90 Å². The van der Waals surface area contributed by atoms with Crippen LogP contribution in [0.1, 0.15) is 49.8 Å². The third-order valence-corrected chi connectivity index (χ3v) is 5.56. The molecule has 5 heteroatoms. The second kappa shape index (κ2) is 9.61. The molecule has 1 aliphatic rings. The molecule has 0 saturated carbocycles. The molecule has 2 aromatic rings. The lowest BCUT2D eigenvalue weighted by Crippen LogP contribution is -2.30. The highest BCUT2D eigenvalue weighted by molar-refractivity contribution is 6.46. The lowest BCUT2D eigenvalue weighted by atomic mass is 9.95. The molecule has 1 unspecified atom stereocenters. The molecule has 2 aromatic carbocycles. The number of unbranched alkanes of at least 4 members (excludes halogenated alkanes) is 3. The Labute approximate surface area is 178 Å². The number of ketones is 1.